The van der Waals surface area contributed by atoms with Crippen molar-refractivity contribution in [2.24, 2.45) is 0 Å². The lowest BCUT2D eigenvalue weighted by Crippen LogP contribution is -2.48. The van der Waals surface area contributed by atoms with Crippen LogP contribution in [0.3, 0.4) is 0 Å². The van der Waals surface area contributed by atoms with Gasteiger partial charge in [-0.1, -0.05) is 11.8 Å². The van der Waals surface area contributed by atoms with Gasteiger partial charge in [0.15, 0.2) is 6.10 Å². The summed E-state index contributed by atoms with van der Waals surface area (Å²) < 4.78 is 9.92. The van der Waals surface area contributed by atoms with Gasteiger partial charge in [-0.15, -0.1) is 11.3 Å². The van der Waals surface area contributed by atoms with Crippen molar-refractivity contribution in [1.29, 1.82) is 0 Å². The Hall–Kier alpha value is -1.88. The molecule has 1 saturated heterocycles. The Morgan fingerprint density at radius 3 is 3.10 bits per heavy atom. The van der Waals surface area contributed by atoms with E-state index in [9.17, 15) is 9.59 Å². The SMILES string of the molecule is COC(=O)C1CN(C(=O)c2ccc(C#CCO)s2)CCO1. The topological polar surface area (TPSA) is 76.1 Å². The second-order valence-corrected chi connectivity index (χ2v) is 5.34. The number of esters is 1. The van der Waals surface area contributed by atoms with Crippen molar-refractivity contribution in [2.45, 2.75) is 6.10 Å². The predicted octanol–water partition coefficient (Wildman–Crippen LogP) is 0.106. The average Bonchev–Trinajstić information content (AvgIpc) is 3.00. The van der Waals surface area contributed by atoms with Crippen molar-refractivity contribution in [2.75, 3.05) is 33.4 Å². The second-order valence-electron chi connectivity index (χ2n) is 4.26. The second kappa shape index (κ2) is 7.22. The normalized spacial score (nSPS) is 17.8. The van der Waals surface area contributed by atoms with Gasteiger partial charge >= 0.3 is 5.97 Å². The van der Waals surface area contributed by atoms with Gasteiger partial charge in [-0.25, -0.2) is 4.79 Å². The summed E-state index contributed by atoms with van der Waals surface area (Å²) in [5, 5.41) is 8.65. The summed E-state index contributed by atoms with van der Waals surface area (Å²) in [5.41, 5.74) is 0. The zero-order valence-corrected chi connectivity index (χ0v) is 12.3. The van der Waals surface area contributed by atoms with Crippen LogP contribution in [0.15, 0.2) is 12.1 Å². The van der Waals surface area contributed by atoms with Gasteiger partial charge in [-0.2, -0.15) is 0 Å². The van der Waals surface area contributed by atoms with Crippen molar-refractivity contribution in [1.82, 2.24) is 4.90 Å². The first-order valence-electron chi connectivity index (χ1n) is 6.34. The number of amides is 1. The van der Waals surface area contributed by atoms with Gasteiger partial charge in [-0.3, -0.25) is 4.79 Å². The average molecular weight is 309 g/mol. The fraction of sp³-hybridized carbons (Fsp3) is 0.429. The van der Waals surface area contributed by atoms with E-state index < -0.39 is 12.1 Å². The smallest absolute Gasteiger partial charge is 0.336 e. The van der Waals surface area contributed by atoms with E-state index in [0.29, 0.717) is 22.9 Å². The van der Waals surface area contributed by atoms with Gasteiger partial charge in [0.05, 0.1) is 30.0 Å². The molecule has 7 heteroatoms. The van der Waals surface area contributed by atoms with Crippen LogP contribution in [0.5, 0.6) is 0 Å². The van der Waals surface area contributed by atoms with Crippen LogP contribution in [0, 0.1) is 11.8 Å². The molecule has 1 unspecified atom stereocenters. The van der Waals surface area contributed by atoms with E-state index >= 15 is 0 Å². The van der Waals surface area contributed by atoms with Gasteiger partial charge in [-0.05, 0) is 12.1 Å². The Kier molecular flexibility index (Phi) is 5.33. The summed E-state index contributed by atoms with van der Waals surface area (Å²) in [4.78, 5) is 26.7. The Bertz CT molecular complexity index is 586. The van der Waals surface area contributed by atoms with E-state index in [4.69, 9.17) is 9.84 Å². The molecule has 1 aromatic rings. The number of hydrogen-bond donors (Lipinski definition) is 1. The molecule has 112 valence electrons. The van der Waals surface area contributed by atoms with Crippen molar-refractivity contribution in [3.8, 4) is 11.8 Å². The molecule has 1 aromatic heterocycles. The van der Waals surface area contributed by atoms with E-state index in [2.05, 4.69) is 16.6 Å². The number of morpholine rings is 1. The van der Waals surface area contributed by atoms with Crippen LogP contribution in [-0.4, -0.2) is 61.4 Å². The molecule has 1 aliphatic heterocycles. The number of methoxy groups -OCH3 is 1. The highest BCUT2D eigenvalue weighted by Gasteiger charge is 2.30. The van der Waals surface area contributed by atoms with Crippen LogP contribution in [-0.2, 0) is 14.3 Å². The van der Waals surface area contributed by atoms with Gasteiger partial charge in [0.25, 0.3) is 5.91 Å². The summed E-state index contributed by atoms with van der Waals surface area (Å²) in [6.45, 7) is 0.697. The molecule has 6 nitrogen and oxygen atoms in total. The summed E-state index contributed by atoms with van der Waals surface area (Å²) in [6, 6.07) is 3.43. The molecule has 21 heavy (non-hydrogen) atoms. The number of carbonyl (C=O) groups excluding carboxylic acids is 2. The molecule has 0 radical (unpaired) electrons. The number of ether oxygens (including phenoxy) is 2. The number of aliphatic hydroxyl groups is 1. The molecule has 1 N–H and O–H groups in total. The van der Waals surface area contributed by atoms with E-state index in [-0.39, 0.29) is 19.1 Å². The van der Waals surface area contributed by atoms with Crippen LogP contribution < -0.4 is 0 Å². The molecule has 1 fully saturated rings. The van der Waals surface area contributed by atoms with E-state index in [1.54, 1.807) is 17.0 Å². The Labute approximate surface area is 126 Å². The third kappa shape index (κ3) is 3.82. The highest BCUT2D eigenvalue weighted by molar-refractivity contribution is 7.14. The van der Waals surface area contributed by atoms with Crippen molar-refractivity contribution >= 4 is 23.2 Å². The van der Waals surface area contributed by atoms with E-state index in [1.807, 2.05) is 0 Å². The largest absolute Gasteiger partial charge is 0.467 e. The molecule has 0 aliphatic carbocycles. The standard InChI is InChI=1S/C14H15NO5S/c1-19-14(18)11-9-15(6-8-20-11)13(17)12-5-4-10(21-12)3-2-7-16/h4-5,11,16H,6-9H2,1H3. The van der Waals surface area contributed by atoms with Crippen LogP contribution in [0.1, 0.15) is 14.5 Å². The lowest BCUT2D eigenvalue weighted by molar-refractivity contribution is -0.158. The minimum Gasteiger partial charge on any atom is -0.467 e. The van der Waals surface area contributed by atoms with Crippen LogP contribution in [0.25, 0.3) is 0 Å². The molecule has 0 spiro atoms. The third-order valence-corrected chi connectivity index (χ3v) is 3.91. The van der Waals surface area contributed by atoms with Gasteiger partial charge in [0.2, 0.25) is 0 Å². The maximum absolute atomic E-state index is 12.4. The molecule has 0 aromatic carbocycles. The number of thiophene rings is 1. The van der Waals surface area contributed by atoms with E-state index in [1.165, 1.54) is 18.4 Å². The molecular weight excluding hydrogens is 294 g/mol. The molecule has 0 bridgehead atoms. The zero-order chi connectivity index (χ0) is 15.2. The highest BCUT2D eigenvalue weighted by atomic mass is 32.1. The molecular formula is C14H15NO5S. The summed E-state index contributed by atoms with van der Waals surface area (Å²) in [6.07, 6.45) is -0.735. The fourth-order valence-electron chi connectivity index (χ4n) is 1.91. The first-order chi connectivity index (χ1) is 10.2. The molecule has 1 amide bonds. The fourth-order valence-corrected chi connectivity index (χ4v) is 2.76. The molecule has 2 rings (SSSR count). The maximum atomic E-state index is 12.4. The lowest BCUT2D eigenvalue weighted by Gasteiger charge is -2.31. The maximum Gasteiger partial charge on any atom is 0.336 e. The lowest BCUT2D eigenvalue weighted by atomic mass is 10.2. The third-order valence-electron chi connectivity index (χ3n) is 2.93. The molecule has 0 saturated carbocycles. The number of carbonyl (C=O) groups is 2. The predicted molar refractivity (Wildman–Crippen MR) is 75.9 cm³/mol. The Morgan fingerprint density at radius 2 is 2.38 bits per heavy atom. The Morgan fingerprint density at radius 1 is 1.57 bits per heavy atom. The monoisotopic (exact) mass is 309 g/mol. The van der Waals surface area contributed by atoms with Crippen molar-refractivity contribution < 1.29 is 24.2 Å². The van der Waals surface area contributed by atoms with Crippen molar-refractivity contribution in [3.63, 3.8) is 0 Å². The van der Waals surface area contributed by atoms with Crippen LogP contribution in [0.2, 0.25) is 0 Å². The Balaban J connectivity index is 2.05. The highest BCUT2D eigenvalue weighted by Crippen LogP contribution is 2.19. The van der Waals surface area contributed by atoms with Gasteiger partial charge in [0, 0.05) is 6.54 Å². The minimum atomic E-state index is -0.735. The molecule has 1 aliphatic rings. The number of aliphatic hydroxyl groups excluding tert-OH is 1. The summed E-state index contributed by atoms with van der Waals surface area (Å²) >= 11 is 1.26. The quantitative estimate of drug-likeness (QED) is 0.620. The summed E-state index contributed by atoms with van der Waals surface area (Å²) in [5.74, 6) is 4.66. The minimum absolute atomic E-state index is 0.158. The zero-order valence-electron chi connectivity index (χ0n) is 11.5. The van der Waals surface area contributed by atoms with Gasteiger partial charge in [0.1, 0.15) is 6.61 Å². The molecule has 2 heterocycles. The first-order valence-corrected chi connectivity index (χ1v) is 7.15. The first kappa shape index (κ1) is 15.5. The van der Waals surface area contributed by atoms with E-state index in [0.717, 1.165) is 0 Å². The summed E-state index contributed by atoms with van der Waals surface area (Å²) in [7, 11) is 1.29. The number of nitrogens with zero attached hydrogens (tertiary/aromatic N) is 1. The van der Waals surface area contributed by atoms with Crippen LogP contribution in [0.4, 0.5) is 0 Å². The molecule has 1 atom stereocenters. The number of hydrogen-bond acceptors (Lipinski definition) is 6. The van der Waals surface area contributed by atoms with Crippen molar-refractivity contribution in [3.05, 3.63) is 21.9 Å². The number of rotatable bonds is 2. The van der Waals surface area contributed by atoms with Gasteiger partial charge < -0.3 is 19.5 Å². The van der Waals surface area contributed by atoms with Crippen LogP contribution >= 0.6 is 11.3 Å².